The monoisotopic (exact) mass is 205 g/mol. The number of amides is 1. The third kappa shape index (κ3) is 3.02. The fourth-order valence-corrected chi connectivity index (χ4v) is 1.74. The minimum atomic E-state index is 0.0803. The van der Waals surface area contributed by atoms with E-state index in [4.69, 9.17) is 0 Å². The van der Waals surface area contributed by atoms with Crippen LogP contribution < -0.4 is 10.6 Å². The van der Waals surface area contributed by atoms with Crippen LogP contribution in [-0.2, 0) is 11.2 Å². The summed E-state index contributed by atoms with van der Waals surface area (Å²) >= 11 is 0. The number of carbonyl (C=O) groups excluding carboxylic acids is 1. The summed E-state index contributed by atoms with van der Waals surface area (Å²) in [5.41, 5.74) is 0.959. The fourth-order valence-electron chi connectivity index (χ4n) is 1.74. The van der Waals surface area contributed by atoms with Crippen molar-refractivity contribution in [2.45, 2.75) is 18.9 Å². The second kappa shape index (κ2) is 4.89. The number of pyridine rings is 1. The molecule has 0 unspecified atom stereocenters. The van der Waals surface area contributed by atoms with Crippen molar-refractivity contribution in [3.05, 3.63) is 30.1 Å². The SMILES string of the molecule is O=C(Cc1cccnc1)N[C@@H]1CCNC1. The predicted octanol–water partition coefficient (Wildman–Crippen LogP) is 0.102. The second-order valence-electron chi connectivity index (χ2n) is 3.80. The van der Waals surface area contributed by atoms with Crippen molar-refractivity contribution in [2.75, 3.05) is 13.1 Å². The Morgan fingerprint density at radius 1 is 1.67 bits per heavy atom. The largest absolute Gasteiger partial charge is 0.352 e. The number of hydrogen-bond acceptors (Lipinski definition) is 3. The molecule has 1 aliphatic heterocycles. The number of aromatic nitrogens is 1. The summed E-state index contributed by atoms with van der Waals surface area (Å²) in [5.74, 6) is 0.0803. The zero-order valence-corrected chi connectivity index (χ0v) is 8.57. The van der Waals surface area contributed by atoms with E-state index in [1.165, 1.54) is 0 Å². The normalized spacial score (nSPS) is 20.1. The molecule has 1 saturated heterocycles. The molecule has 2 N–H and O–H groups in total. The fraction of sp³-hybridized carbons (Fsp3) is 0.455. The first kappa shape index (κ1) is 10.1. The summed E-state index contributed by atoms with van der Waals surface area (Å²) in [6.45, 7) is 1.89. The topological polar surface area (TPSA) is 54.0 Å². The molecule has 0 spiro atoms. The van der Waals surface area contributed by atoms with E-state index in [9.17, 15) is 4.79 Å². The van der Waals surface area contributed by atoms with Gasteiger partial charge in [-0.2, -0.15) is 0 Å². The standard InChI is InChI=1S/C11H15N3O/c15-11(14-10-3-5-13-8-10)6-9-2-1-4-12-7-9/h1-2,4,7,10,13H,3,5-6,8H2,(H,14,15)/t10-/m1/s1. The Bertz CT molecular complexity index is 320. The molecule has 1 fully saturated rings. The third-order valence-corrected chi connectivity index (χ3v) is 2.51. The quantitative estimate of drug-likeness (QED) is 0.736. The highest BCUT2D eigenvalue weighted by Crippen LogP contribution is 2.00. The first-order valence-electron chi connectivity index (χ1n) is 5.23. The molecule has 2 heterocycles. The molecule has 0 aliphatic carbocycles. The summed E-state index contributed by atoms with van der Waals surface area (Å²) < 4.78 is 0. The van der Waals surface area contributed by atoms with Crippen LogP contribution in [0, 0.1) is 0 Å². The predicted molar refractivity (Wildman–Crippen MR) is 57.4 cm³/mol. The lowest BCUT2D eigenvalue weighted by Crippen LogP contribution is -2.37. The average Bonchev–Trinajstić information content (AvgIpc) is 2.71. The Morgan fingerprint density at radius 3 is 3.27 bits per heavy atom. The van der Waals surface area contributed by atoms with Crippen LogP contribution in [0.4, 0.5) is 0 Å². The lowest BCUT2D eigenvalue weighted by molar-refractivity contribution is -0.121. The van der Waals surface area contributed by atoms with Crippen LogP contribution >= 0.6 is 0 Å². The van der Waals surface area contributed by atoms with Gasteiger partial charge in [-0.3, -0.25) is 9.78 Å². The minimum absolute atomic E-state index is 0.0803. The zero-order chi connectivity index (χ0) is 10.5. The third-order valence-electron chi connectivity index (χ3n) is 2.51. The van der Waals surface area contributed by atoms with Crippen LogP contribution in [0.2, 0.25) is 0 Å². The van der Waals surface area contributed by atoms with Crippen molar-refractivity contribution in [3.8, 4) is 0 Å². The van der Waals surface area contributed by atoms with E-state index in [0.717, 1.165) is 25.1 Å². The van der Waals surface area contributed by atoms with Crippen LogP contribution in [0.1, 0.15) is 12.0 Å². The van der Waals surface area contributed by atoms with E-state index in [2.05, 4.69) is 15.6 Å². The second-order valence-corrected chi connectivity index (χ2v) is 3.80. The molecule has 1 aromatic rings. The van der Waals surface area contributed by atoms with Gasteiger partial charge in [0.25, 0.3) is 0 Å². The highest BCUT2D eigenvalue weighted by Gasteiger charge is 2.16. The van der Waals surface area contributed by atoms with Crippen molar-refractivity contribution >= 4 is 5.91 Å². The van der Waals surface area contributed by atoms with Gasteiger partial charge in [0, 0.05) is 25.0 Å². The van der Waals surface area contributed by atoms with E-state index in [1.54, 1.807) is 12.4 Å². The first-order valence-corrected chi connectivity index (χ1v) is 5.23. The van der Waals surface area contributed by atoms with E-state index in [0.29, 0.717) is 12.5 Å². The van der Waals surface area contributed by atoms with Gasteiger partial charge in [-0.25, -0.2) is 0 Å². The van der Waals surface area contributed by atoms with Crippen LogP contribution in [0.5, 0.6) is 0 Å². The molecule has 0 radical (unpaired) electrons. The molecule has 0 saturated carbocycles. The van der Waals surface area contributed by atoms with E-state index in [1.807, 2.05) is 12.1 Å². The Kier molecular flexibility index (Phi) is 3.29. The van der Waals surface area contributed by atoms with Gasteiger partial charge in [0.15, 0.2) is 0 Å². The summed E-state index contributed by atoms with van der Waals surface area (Å²) in [6, 6.07) is 4.06. The van der Waals surface area contributed by atoms with Gasteiger partial charge in [0.1, 0.15) is 0 Å². The molecule has 1 aliphatic rings. The van der Waals surface area contributed by atoms with Crippen molar-refractivity contribution in [1.29, 1.82) is 0 Å². The molecule has 2 rings (SSSR count). The number of nitrogens with zero attached hydrogens (tertiary/aromatic N) is 1. The maximum absolute atomic E-state index is 11.6. The Hall–Kier alpha value is -1.42. The molecule has 1 aromatic heterocycles. The van der Waals surface area contributed by atoms with Gasteiger partial charge >= 0.3 is 0 Å². The number of carbonyl (C=O) groups is 1. The lowest BCUT2D eigenvalue weighted by Gasteiger charge is -2.10. The van der Waals surface area contributed by atoms with Gasteiger partial charge in [0.2, 0.25) is 5.91 Å². The lowest BCUT2D eigenvalue weighted by atomic mass is 10.2. The van der Waals surface area contributed by atoms with Crippen molar-refractivity contribution in [1.82, 2.24) is 15.6 Å². The van der Waals surface area contributed by atoms with Crippen LogP contribution in [0.15, 0.2) is 24.5 Å². The summed E-state index contributed by atoms with van der Waals surface area (Å²) in [5, 5.41) is 6.21. The summed E-state index contributed by atoms with van der Waals surface area (Å²) in [6.07, 6.45) is 4.89. The minimum Gasteiger partial charge on any atom is -0.352 e. The van der Waals surface area contributed by atoms with E-state index in [-0.39, 0.29) is 5.91 Å². The molecule has 1 amide bonds. The smallest absolute Gasteiger partial charge is 0.224 e. The molecule has 0 bridgehead atoms. The van der Waals surface area contributed by atoms with E-state index < -0.39 is 0 Å². The van der Waals surface area contributed by atoms with Crippen molar-refractivity contribution in [2.24, 2.45) is 0 Å². The van der Waals surface area contributed by atoms with Crippen LogP contribution in [0.3, 0.4) is 0 Å². The Morgan fingerprint density at radius 2 is 2.60 bits per heavy atom. The molecule has 0 aromatic carbocycles. The highest BCUT2D eigenvalue weighted by molar-refractivity contribution is 5.78. The summed E-state index contributed by atoms with van der Waals surface area (Å²) in [4.78, 5) is 15.6. The molecule has 4 heteroatoms. The molecular formula is C11H15N3O. The van der Waals surface area contributed by atoms with Gasteiger partial charge in [0.05, 0.1) is 6.42 Å². The van der Waals surface area contributed by atoms with Crippen molar-refractivity contribution in [3.63, 3.8) is 0 Å². The molecular weight excluding hydrogens is 190 g/mol. The molecule has 15 heavy (non-hydrogen) atoms. The number of hydrogen-bond donors (Lipinski definition) is 2. The van der Waals surface area contributed by atoms with Gasteiger partial charge in [-0.15, -0.1) is 0 Å². The average molecular weight is 205 g/mol. The Labute approximate surface area is 89.1 Å². The number of nitrogens with one attached hydrogen (secondary N) is 2. The van der Waals surface area contributed by atoms with Crippen LogP contribution in [0.25, 0.3) is 0 Å². The Balaban J connectivity index is 1.82. The highest BCUT2D eigenvalue weighted by atomic mass is 16.1. The van der Waals surface area contributed by atoms with Gasteiger partial charge in [-0.1, -0.05) is 6.07 Å². The molecule has 1 atom stereocenters. The summed E-state index contributed by atoms with van der Waals surface area (Å²) in [7, 11) is 0. The van der Waals surface area contributed by atoms with E-state index >= 15 is 0 Å². The van der Waals surface area contributed by atoms with Gasteiger partial charge in [-0.05, 0) is 24.6 Å². The van der Waals surface area contributed by atoms with Gasteiger partial charge < -0.3 is 10.6 Å². The first-order chi connectivity index (χ1) is 7.34. The maximum Gasteiger partial charge on any atom is 0.224 e. The zero-order valence-electron chi connectivity index (χ0n) is 8.57. The van der Waals surface area contributed by atoms with Crippen LogP contribution in [-0.4, -0.2) is 30.0 Å². The molecule has 80 valence electrons. The number of rotatable bonds is 3. The maximum atomic E-state index is 11.6. The van der Waals surface area contributed by atoms with Crippen molar-refractivity contribution < 1.29 is 4.79 Å². The molecule has 4 nitrogen and oxygen atoms in total.